The van der Waals surface area contributed by atoms with E-state index in [1.54, 1.807) is 12.4 Å². The zero-order valence-corrected chi connectivity index (χ0v) is 24.3. The number of likely N-dealkylation sites (tertiary alicyclic amines) is 1. The summed E-state index contributed by atoms with van der Waals surface area (Å²) in [5, 5.41) is 12.0. The van der Waals surface area contributed by atoms with Gasteiger partial charge in [0.15, 0.2) is 0 Å². The molecule has 4 aliphatic rings. The summed E-state index contributed by atoms with van der Waals surface area (Å²) < 4.78 is 45.4. The maximum atomic E-state index is 14.5. The average Bonchev–Trinajstić information content (AvgIpc) is 3.67. The van der Waals surface area contributed by atoms with Crippen LogP contribution < -0.4 is 10.2 Å². The van der Waals surface area contributed by atoms with Gasteiger partial charge in [-0.2, -0.15) is 13.2 Å². The molecule has 222 valence electrons. The highest BCUT2D eigenvalue weighted by molar-refractivity contribution is 6.10. The molecule has 1 saturated carbocycles. The number of carbonyl (C=O) groups is 1. The highest BCUT2D eigenvalue weighted by Gasteiger charge is 2.49. The van der Waals surface area contributed by atoms with E-state index in [1.807, 2.05) is 42.8 Å². The number of aromatic nitrogens is 3. The van der Waals surface area contributed by atoms with Gasteiger partial charge in [0.2, 0.25) is 0 Å². The van der Waals surface area contributed by atoms with E-state index in [2.05, 4.69) is 27.3 Å². The highest BCUT2D eigenvalue weighted by Crippen LogP contribution is 2.52. The van der Waals surface area contributed by atoms with E-state index in [4.69, 9.17) is 0 Å². The van der Waals surface area contributed by atoms with Crippen molar-refractivity contribution in [1.29, 1.82) is 0 Å². The standard InChI is InChI=1S/C32H37F3N6O/c1-19-12-31(13-19,30-38-37-18-39(30)3)24-5-4-6-25(11-24)41-17-27-26(29(41)42)9-22(10-28(27)32(33,34)35)20(2)40-15-21-7-8-36-14-23(21)16-40/h4-6,9-11,18-21,23,36H,7-8,12-17H2,1-3H3/t19?,20-,21?,23?,31?/m1/s1. The van der Waals surface area contributed by atoms with E-state index in [0.29, 0.717) is 29.0 Å². The number of fused-ring (bicyclic) bond motifs is 2. The van der Waals surface area contributed by atoms with Crippen LogP contribution in [0, 0.1) is 17.8 Å². The molecular formula is C32H37F3N6O. The van der Waals surface area contributed by atoms with Gasteiger partial charge in [-0.25, -0.2) is 0 Å². The number of anilines is 1. The summed E-state index contributed by atoms with van der Waals surface area (Å²) in [6, 6.07) is 10.5. The lowest BCUT2D eigenvalue weighted by Gasteiger charge is -2.46. The van der Waals surface area contributed by atoms with Crippen molar-refractivity contribution in [2.24, 2.45) is 24.8 Å². The van der Waals surface area contributed by atoms with Crippen molar-refractivity contribution in [3.05, 3.63) is 76.4 Å². The molecule has 1 aliphatic carbocycles. The minimum atomic E-state index is -4.56. The topological polar surface area (TPSA) is 66.3 Å². The first-order chi connectivity index (χ1) is 20.0. The Balaban J connectivity index is 1.22. The lowest BCUT2D eigenvalue weighted by Crippen LogP contribution is -2.43. The summed E-state index contributed by atoms with van der Waals surface area (Å²) in [5.41, 5.74) is 1.36. The number of nitrogens with one attached hydrogen (secondary N) is 1. The Hall–Kier alpha value is -3.24. The lowest BCUT2D eigenvalue weighted by atomic mass is 9.58. The molecule has 1 amide bonds. The third-order valence-corrected chi connectivity index (χ3v) is 10.3. The molecule has 3 fully saturated rings. The van der Waals surface area contributed by atoms with Crippen molar-refractivity contribution in [3.8, 4) is 0 Å². The molecule has 3 aromatic rings. The molecule has 0 bridgehead atoms. The second-order valence-electron chi connectivity index (χ2n) is 13.0. The third-order valence-electron chi connectivity index (χ3n) is 10.3. The molecule has 42 heavy (non-hydrogen) atoms. The molecule has 2 saturated heterocycles. The molecule has 0 radical (unpaired) electrons. The Morgan fingerprint density at radius 1 is 1.12 bits per heavy atom. The number of amides is 1. The van der Waals surface area contributed by atoms with E-state index in [-0.39, 0.29) is 35.0 Å². The highest BCUT2D eigenvalue weighted by atomic mass is 19.4. The van der Waals surface area contributed by atoms with Crippen LogP contribution in [0.1, 0.15) is 77.6 Å². The van der Waals surface area contributed by atoms with Gasteiger partial charge in [-0.05, 0) is 98.0 Å². The van der Waals surface area contributed by atoms with Gasteiger partial charge in [0.25, 0.3) is 5.91 Å². The quantitative estimate of drug-likeness (QED) is 0.445. The van der Waals surface area contributed by atoms with Crippen molar-refractivity contribution in [1.82, 2.24) is 25.0 Å². The van der Waals surface area contributed by atoms with Gasteiger partial charge >= 0.3 is 6.18 Å². The summed E-state index contributed by atoms with van der Waals surface area (Å²) in [6.07, 6.45) is 0.0119. The van der Waals surface area contributed by atoms with Crippen LogP contribution in [-0.2, 0) is 25.2 Å². The van der Waals surface area contributed by atoms with Gasteiger partial charge in [0.05, 0.1) is 17.5 Å². The first-order valence-electron chi connectivity index (χ1n) is 15.0. The van der Waals surface area contributed by atoms with Gasteiger partial charge in [-0.1, -0.05) is 19.1 Å². The number of carbonyl (C=O) groups excluding carboxylic acids is 1. The predicted octanol–water partition coefficient (Wildman–Crippen LogP) is 5.31. The number of aryl methyl sites for hydroxylation is 1. The molecule has 3 atom stereocenters. The first-order valence-corrected chi connectivity index (χ1v) is 15.0. The fourth-order valence-corrected chi connectivity index (χ4v) is 8.13. The Kier molecular flexibility index (Phi) is 6.51. The number of nitrogens with zero attached hydrogens (tertiary/aromatic N) is 5. The SMILES string of the molecule is CC1CC(c2cccc(N3Cc4c(cc([C@@H](C)N5CC6CCNCC6C5)cc4C(F)(F)F)C3=O)c2)(c2nncn2C)C1. The van der Waals surface area contributed by atoms with E-state index < -0.39 is 11.7 Å². The summed E-state index contributed by atoms with van der Waals surface area (Å²) in [7, 11) is 1.93. The molecule has 7 nitrogen and oxygen atoms in total. The number of hydrogen-bond acceptors (Lipinski definition) is 5. The average molecular weight is 579 g/mol. The molecular weight excluding hydrogens is 541 g/mol. The van der Waals surface area contributed by atoms with E-state index >= 15 is 0 Å². The van der Waals surface area contributed by atoms with Gasteiger partial charge in [-0.15, -0.1) is 10.2 Å². The van der Waals surface area contributed by atoms with Crippen LogP contribution in [0.25, 0.3) is 0 Å². The molecule has 2 unspecified atom stereocenters. The smallest absolute Gasteiger partial charge is 0.320 e. The van der Waals surface area contributed by atoms with Crippen molar-refractivity contribution in [2.75, 3.05) is 31.1 Å². The predicted molar refractivity (Wildman–Crippen MR) is 153 cm³/mol. The van der Waals surface area contributed by atoms with E-state index in [9.17, 15) is 18.0 Å². The van der Waals surface area contributed by atoms with Crippen LogP contribution >= 0.6 is 0 Å². The molecule has 1 aromatic heterocycles. The number of piperidine rings is 1. The number of benzene rings is 2. The van der Waals surface area contributed by atoms with Crippen LogP contribution in [0.2, 0.25) is 0 Å². The number of halogens is 3. The summed E-state index contributed by atoms with van der Waals surface area (Å²) >= 11 is 0. The first kappa shape index (κ1) is 27.6. The summed E-state index contributed by atoms with van der Waals surface area (Å²) in [5.74, 6) is 2.08. The van der Waals surface area contributed by atoms with Crippen LogP contribution in [0.4, 0.5) is 18.9 Å². The maximum Gasteiger partial charge on any atom is 0.416 e. The van der Waals surface area contributed by atoms with Crippen LogP contribution in [0.5, 0.6) is 0 Å². The van der Waals surface area contributed by atoms with Gasteiger partial charge < -0.3 is 14.8 Å². The van der Waals surface area contributed by atoms with Gasteiger partial charge in [0.1, 0.15) is 12.2 Å². The maximum absolute atomic E-state index is 14.5. The molecule has 0 spiro atoms. The molecule has 1 N–H and O–H groups in total. The second-order valence-corrected chi connectivity index (χ2v) is 13.0. The Morgan fingerprint density at radius 2 is 1.90 bits per heavy atom. The van der Waals surface area contributed by atoms with Gasteiger partial charge in [0, 0.05) is 37.4 Å². The van der Waals surface area contributed by atoms with Crippen molar-refractivity contribution in [2.45, 2.75) is 57.3 Å². The Labute approximate surface area is 244 Å². The molecule has 4 heterocycles. The van der Waals surface area contributed by atoms with Crippen molar-refractivity contribution in [3.63, 3.8) is 0 Å². The lowest BCUT2D eigenvalue weighted by molar-refractivity contribution is -0.138. The summed E-state index contributed by atoms with van der Waals surface area (Å²) in [6.45, 7) is 7.75. The van der Waals surface area contributed by atoms with Crippen LogP contribution in [0.15, 0.2) is 42.7 Å². The number of hydrogen-bond donors (Lipinski definition) is 1. The summed E-state index contributed by atoms with van der Waals surface area (Å²) in [4.78, 5) is 17.7. The second kappa shape index (κ2) is 9.91. The van der Waals surface area contributed by atoms with Crippen LogP contribution in [0.3, 0.4) is 0 Å². The minimum absolute atomic E-state index is 0.0634. The largest absolute Gasteiger partial charge is 0.416 e. The minimum Gasteiger partial charge on any atom is -0.320 e. The molecule has 7 rings (SSSR count). The van der Waals surface area contributed by atoms with E-state index in [1.165, 1.54) is 11.0 Å². The van der Waals surface area contributed by atoms with Crippen molar-refractivity contribution >= 4 is 11.6 Å². The molecule has 3 aliphatic heterocycles. The van der Waals surface area contributed by atoms with Crippen LogP contribution in [-0.4, -0.2) is 51.8 Å². The zero-order valence-electron chi connectivity index (χ0n) is 24.3. The number of rotatable bonds is 5. The third kappa shape index (κ3) is 4.37. The Bertz CT molecular complexity index is 1510. The normalized spacial score (nSPS) is 28.5. The van der Waals surface area contributed by atoms with E-state index in [0.717, 1.165) is 56.8 Å². The van der Waals surface area contributed by atoms with Gasteiger partial charge in [-0.3, -0.25) is 9.69 Å². The fraction of sp³-hybridized carbons (Fsp3) is 0.531. The molecule has 10 heteroatoms. The number of alkyl halides is 3. The fourth-order valence-electron chi connectivity index (χ4n) is 8.13. The monoisotopic (exact) mass is 578 g/mol. The van der Waals surface area contributed by atoms with Crippen molar-refractivity contribution < 1.29 is 18.0 Å². The zero-order chi connectivity index (χ0) is 29.4. The molecule has 2 aromatic carbocycles. The Morgan fingerprint density at radius 3 is 2.60 bits per heavy atom.